The lowest BCUT2D eigenvalue weighted by Gasteiger charge is -2.33. The molecule has 1 heterocycles. The number of aryl methyl sites for hydroxylation is 1. The lowest BCUT2D eigenvalue weighted by molar-refractivity contribution is 0.379. The second-order valence-electron chi connectivity index (χ2n) is 4.53. The van der Waals surface area contributed by atoms with Gasteiger partial charge in [0.05, 0.1) is 12.0 Å². The van der Waals surface area contributed by atoms with Crippen molar-refractivity contribution in [3.05, 3.63) is 53.6 Å². The van der Waals surface area contributed by atoms with Crippen LogP contribution in [0.4, 0.5) is 0 Å². The number of H-pyrrole nitrogens is 1. The van der Waals surface area contributed by atoms with Crippen molar-refractivity contribution in [3.63, 3.8) is 0 Å². The van der Waals surface area contributed by atoms with Gasteiger partial charge in [0.25, 0.3) is 0 Å². The molecule has 3 heteroatoms. The molecule has 0 spiro atoms. The van der Waals surface area contributed by atoms with Gasteiger partial charge in [0.1, 0.15) is 0 Å². The van der Waals surface area contributed by atoms with Gasteiger partial charge in [-0.15, -0.1) is 0 Å². The summed E-state index contributed by atoms with van der Waals surface area (Å²) in [7, 11) is 0. The summed E-state index contributed by atoms with van der Waals surface area (Å²) < 4.78 is 0. The molecule has 1 aromatic carbocycles. The highest BCUT2D eigenvalue weighted by molar-refractivity contribution is 5.30. The lowest BCUT2D eigenvalue weighted by atomic mass is 9.78. The van der Waals surface area contributed by atoms with Gasteiger partial charge < -0.3 is 10.7 Å². The largest absolute Gasteiger partial charge is 0.348 e. The highest BCUT2D eigenvalue weighted by atomic mass is 14.9. The fourth-order valence-electron chi connectivity index (χ4n) is 2.48. The first-order chi connectivity index (χ1) is 7.78. The number of nitrogens with two attached hydrogens (primary N) is 1. The van der Waals surface area contributed by atoms with Gasteiger partial charge in [-0.3, -0.25) is 0 Å². The van der Waals surface area contributed by atoms with Gasteiger partial charge >= 0.3 is 0 Å². The van der Waals surface area contributed by atoms with E-state index in [1.807, 2.05) is 18.2 Å². The monoisotopic (exact) mass is 213 g/mol. The van der Waals surface area contributed by atoms with Crippen molar-refractivity contribution in [1.82, 2.24) is 9.97 Å². The van der Waals surface area contributed by atoms with Gasteiger partial charge in [0.2, 0.25) is 0 Å². The van der Waals surface area contributed by atoms with Crippen molar-refractivity contribution in [1.29, 1.82) is 0 Å². The molecular formula is C13H15N3. The molecule has 1 atom stereocenters. The summed E-state index contributed by atoms with van der Waals surface area (Å²) in [6.45, 7) is 0. The SMILES string of the molecule is NC1(c2ccccc2)CCc2nc[nH]c2C1. The van der Waals surface area contributed by atoms with Gasteiger partial charge in [0.15, 0.2) is 0 Å². The van der Waals surface area contributed by atoms with Crippen LogP contribution in [0.3, 0.4) is 0 Å². The van der Waals surface area contributed by atoms with Crippen molar-refractivity contribution >= 4 is 0 Å². The summed E-state index contributed by atoms with van der Waals surface area (Å²) in [5, 5.41) is 0. The number of rotatable bonds is 1. The minimum atomic E-state index is -0.235. The number of nitrogens with zero attached hydrogens (tertiary/aromatic N) is 1. The average molecular weight is 213 g/mol. The van der Waals surface area contributed by atoms with Crippen molar-refractivity contribution in [2.24, 2.45) is 5.73 Å². The first kappa shape index (κ1) is 9.60. The normalized spacial score (nSPS) is 24.1. The molecule has 16 heavy (non-hydrogen) atoms. The Labute approximate surface area is 94.7 Å². The third-order valence-electron chi connectivity index (χ3n) is 3.46. The van der Waals surface area contributed by atoms with E-state index in [9.17, 15) is 0 Å². The summed E-state index contributed by atoms with van der Waals surface area (Å²) in [6.07, 6.45) is 4.55. The molecule has 82 valence electrons. The van der Waals surface area contributed by atoms with Gasteiger partial charge in [-0.05, 0) is 18.4 Å². The van der Waals surface area contributed by atoms with E-state index in [-0.39, 0.29) is 5.54 Å². The van der Waals surface area contributed by atoms with Gasteiger partial charge in [-0.25, -0.2) is 4.98 Å². The van der Waals surface area contributed by atoms with Crippen LogP contribution in [0.1, 0.15) is 23.4 Å². The molecule has 1 aliphatic carbocycles. The molecule has 3 rings (SSSR count). The Bertz CT molecular complexity index is 489. The molecular weight excluding hydrogens is 198 g/mol. The number of nitrogens with one attached hydrogen (secondary N) is 1. The number of imidazole rings is 1. The summed E-state index contributed by atoms with van der Waals surface area (Å²) in [5.41, 5.74) is 9.86. The fraction of sp³-hybridized carbons (Fsp3) is 0.308. The minimum absolute atomic E-state index is 0.235. The Morgan fingerprint density at radius 3 is 2.88 bits per heavy atom. The van der Waals surface area contributed by atoms with Gasteiger partial charge in [-0.2, -0.15) is 0 Å². The van der Waals surface area contributed by atoms with Crippen LogP contribution >= 0.6 is 0 Å². The van der Waals surface area contributed by atoms with E-state index < -0.39 is 0 Å². The highest BCUT2D eigenvalue weighted by Crippen LogP contribution is 2.32. The molecule has 3 nitrogen and oxygen atoms in total. The molecule has 1 aromatic heterocycles. The van der Waals surface area contributed by atoms with Crippen molar-refractivity contribution in [3.8, 4) is 0 Å². The Morgan fingerprint density at radius 1 is 1.25 bits per heavy atom. The van der Waals surface area contributed by atoms with Crippen LogP contribution in [0.5, 0.6) is 0 Å². The molecule has 1 aliphatic rings. The van der Waals surface area contributed by atoms with Gasteiger partial charge in [-0.1, -0.05) is 30.3 Å². The van der Waals surface area contributed by atoms with Crippen molar-refractivity contribution in [2.45, 2.75) is 24.8 Å². The Kier molecular flexibility index (Phi) is 2.07. The van der Waals surface area contributed by atoms with E-state index in [0.717, 1.165) is 19.3 Å². The van der Waals surface area contributed by atoms with E-state index in [1.165, 1.54) is 17.0 Å². The number of aromatic nitrogens is 2. The summed E-state index contributed by atoms with van der Waals surface area (Å²) in [4.78, 5) is 7.50. The van der Waals surface area contributed by atoms with Crippen LogP contribution in [-0.2, 0) is 18.4 Å². The molecule has 0 radical (unpaired) electrons. The number of aromatic amines is 1. The average Bonchev–Trinajstić information content (AvgIpc) is 2.77. The van der Waals surface area contributed by atoms with E-state index in [0.29, 0.717) is 0 Å². The molecule has 1 unspecified atom stereocenters. The number of hydrogen-bond acceptors (Lipinski definition) is 2. The van der Waals surface area contributed by atoms with E-state index in [1.54, 1.807) is 6.33 Å². The molecule has 2 aromatic rings. The maximum atomic E-state index is 6.51. The van der Waals surface area contributed by atoms with Crippen molar-refractivity contribution < 1.29 is 0 Å². The van der Waals surface area contributed by atoms with Crippen molar-refractivity contribution in [2.75, 3.05) is 0 Å². The van der Waals surface area contributed by atoms with Crippen LogP contribution in [0.15, 0.2) is 36.7 Å². The van der Waals surface area contributed by atoms with Crippen LogP contribution in [0, 0.1) is 0 Å². The molecule has 0 amide bonds. The zero-order valence-corrected chi connectivity index (χ0v) is 9.11. The maximum Gasteiger partial charge on any atom is 0.0925 e. The van der Waals surface area contributed by atoms with Crippen LogP contribution < -0.4 is 5.73 Å². The standard InChI is InChI=1S/C13H15N3/c14-13(10-4-2-1-3-5-10)7-6-11-12(8-13)16-9-15-11/h1-5,9H,6-8,14H2,(H,15,16). The molecule has 0 saturated heterocycles. The first-order valence-electron chi connectivity index (χ1n) is 5.63. The highest BCUT2D eigenvalue weighted by Gasteiger charge is 2.33. The zero-order chi connectivity index (χ0) is 11.0. The molecule has 0 aliphatic heterocycles. The minimum Gasteiger partial charge on any atom is -0.348 e. The third kappa shape index (κ3) is 1.44. The quantitative estimate of drug-likeness (QED) is 0.758. The zero-order valence-electron chi connectivity index (χ0n) is 9.11. The number of fused-ring (bicyclic) bond motifs is 1. The first-order valence-corrected chi connectivity index (χ1v) is 5.63. The van der Waals surface area contributed by atoms with E-state index in [4.69, 9.17) is 5.73 Å². The smallest absolute Gasteiger partial charge is 0.0925 e. The summed E-state index contributed by atoms with van der Waals surface area (Å²) in [5.74, 6) is 0. The van der Waals surface area contributed by atoms with E-state index in [2.05, 4.69) is 22.1 Å². The maximum absolute atomic E-state index is 6.51. The predicted molar refractivity (Wildman–Crippen MR) is 62.9 cm³/mol. The topological polar surface area (TPSA) is 54.7 Å². The summed E-state index contributed by atoms with van der Waals surface area (Å²) in [6, 6.07) is 10.3. The second-order valence-corrected chi connectivity index (χ2v) is 4.53. The van der Waals surface area contributed by atoms with Crippen LogP contribution in [0.25, 0.3) is 0 Å². The number of benzene rings is 1. The fourth-order valence-corrected chi connectivity index (χ4v) is 2.48. The van der Waals surface area contributed by atoms with Gasteiger partial charge in [0, 0.05) is 17.7 Å². The molecule has 0 bridgehead atoms. The van der Waals surface area contributed by atoms with Crippen LogP contribution in [0.2, 0.25) is 0 Å². The third-order valence-corrected chi connectivity index (χ3v) is 3.46. The van der Waals surface area contributed by atoms with E-state index >= 15 is 0 Å². The Morgan fingerprint density at radius 2 is 2.06 bits per heavy atom. The molecule has 0 fully saturated rings. The predicted octanol–water partition coefficient (Wildman–Crippen LogP) is 1.75. The lowest BCUT2D eigenvalue weighted by Crippen LogP contribution is -2.42. The number of hydrogen-bond donors (Lipinski definition) is 2. The molecule has 0 saturated carbocycles. The second kappa shape index (κ2) is 3.46. The summed E-state index contributed by atoms with van der Waals surface area (Å²) >= 11 is 0. The van der Waals surface area contributed by atoms with Crippen LogP contribution in [-0.4, -0.2) is 9.97 Å². The Balaban J connectivity index is 1.98. The Hall–Kier alpha value is -1.61. The molecule has 3 N–H and O–H groups in total.